The molecule has 4 aromatic rings. The number of hydrogen-bond acceptors (Lipinski definition) is 3. The second kappa shape index (κ2) is 7.56. The fraction of sp³-hybridized carbons (Fsp3) is 0.0909. The Balaban J connectivity index is 1.85. The average molecular weight is 438 g/mol. The third-order valence-corrected chi connectivity index (χ3v) is 5.09. The van der Waals surface area contributed by atoms with Crippen molar-refractivity contribution in [2.45, 2.75) is 13.5 Å². The summed E-state index contributed by atoms with van der Waals surface area (Å²) in [6.07, 6.45) is 0. The maximum absolute atomic E-state index is 13.4. The largest absolute Gasteiger partial charge is 0.317 e. The molecule has 0 unspecified atom stereocenters. The maximum Gasteiger partial charge on any atom is 0.280 e. The zero-order valence-electron chi connectivity index (χ0n) is 15.1. The molecule has 1 N–H and O–H groups in total. The fourth-order valence-corrected chi connectivity index (χ4v) is 3.33. The predicted molar refractivity (Wildman–Crippen MR) is 113 cm³/mol. The van der Waals surface area contributed by atoms with Crippen LogP contribution >= 0.6 is 15.9 Å². The second-order valence-corrected chi connectivity index (χ2v) is 7.43. The highest BCUT2D eigenvalue weighted by Crippen LogP contribution is 2.21. The van der Waals surface area contributed by atoms with Crippen molar-refractivity contribution in [1.82, 2.24) is 9.66 Å². The fourth-order valence-electron chi connectivity index (χ4n) is 3.06. The molecule has 0 bridgehead atoms. The highest BCUT2D eigenvalue weighted by molar-refractivity contribution is 9.10. The van der Waals surface area contributed by atoms with Gasteiger partial charge in [0.25, 0.3) is 5.56 Å². The van der Waals surface area contributed by atoms with Crippen LogP contribution in [0.4, 0.5) is 4.39 Å². The number of rotatable bonds is 4. The van der Waals surface area contributed by atoms with Crippen LogP contribution in [0.15, 0.2) is 76.0 Å². The van der Waals surface area contributed by atoms with Crippen molar-refractivity contribution in [2.24, 2.45) is 0 Å². The summed E-state index contributed by atoms with van der Waals surface area (Å²) >= 11 is 3.42. The van der Waals surface area contributed by atoms with Gasteiger partial charge < -0.3 is 5.43 Å². The van der Waals surface area contributed by atoms with Crippen LogP contribution in [0.3, 0.4) is 0 Å². The lowest BCUT2D eigenvalue weighted by Gasteiger charge is -2.16. The van der Waals surface area contributed by atoms with Crippen LogP contribution in [0.5, 0.6) is 0 Å². The Morgan fingerprint density at radius 3 is 2.46 bits per heavy atom. The van der Waals surface area contributed by atoms with E-state index >= 15 is 0 Å². The third kappa shape index (κ3) is 3.55. The lowest BCUT2D eigenvalue weighted by molar-refractivity contribution is 0.628. The summed E-state index contributed by atoms with van der Waals surface area (Å²) in [7, 11) is 0. The van der Waals surface area contributed by atoms with Crippen LogP contribution in [0.1, 0.15) is 11.1 Å². The lowest BCUT2D eigenvalue weighted by atomic mass is 10.1. The van der Waals surface area contributed by atoms with Crippen LogP contribution in [0.25, 0.3) is 22.3 Å². The third-order valence-electron chi connectivity index (χ3n) is 4.56. The molecule has 0 aliphatic heterocycles. The summed E-state index contributed by atoms with van der Waals surface area (Å²) in [4.78, 5) is 17.9. The van der Waals surface area contributed by atoms with Crippen LogP contribution in [-0.2, 0) is 6.54 Å². The van der Waals surface area contributed by atoms with E-state index in [9.17, 15) is 9.18 Å². The monoisotopic (exact) mass is 437 g/mol. The molecule has 28 heavy (non-hydrogen) atoms. The Hall–Kier alpha value is -2.99. The van der Waals surface area contributed by atoms with Gasteiger partial charge in [0.1, 0.15) is 5.82 Å². The summed E-state index contributed by atoms with van der Waals surface area (Å²) in [5, 5.41) is 0.536. The summed E-state index contributed by atoms with van der Waals surface area (Å²) < 4.78 is 15.8. The number of aryl methyl sites for hydroxylation is 1. The smallest absolute Gasteiger partial charge is 0.280 e. The molecule has 1 aromatic heterocycles. The van der Waals surface area contributed by atoms with Crippen LogP contribution in [0.2, 0.25) is 0 Å². The Labute approximate surface area is 169 Å². The highest BCUT2D eigenvalue weighted by atomic mass is 79.9. The summed E-state index contributed by atoms with van der Waals surface area (Å²) in [5.74, 6) is 0.112. The van der Waals surface area contributed by atoms with Gasteiger partial charge in [-0.2, -0.15) is 0 Å². The van der Waals surface area contributed by atoms with E-state index in [0.29, 0.717) is 28.8 Å². The van der Waals surface area contributed by atoms with Crippen molar-refractivity contribution in [3.8, 4) is 11.4 Å². The Morgan fingerprint density at radius 2 is 1.75 bits per heavy atom. The van der Waals surface area contributed by atoms with Crippen molar-refractivity contribution >= 4 is 26.8 Å². The van der Waals surface area contributed by atoms with Crippen molar-refractivity contribution in [2.75, 3.05) is 5.43 Å². The molecular weight excluding hydrogens is 421 g/mol. The lowest BCUT2D eigenvalue weighted by Crippen LogP contribution is -2.31. The SMILES string of the molecule is Cc1cccc2c(=O)n(NCc3ccc(Br)cc3)c(-c3ccc(F)cc3)nc12. The Bertz CT molecular complexity index is 1200. The summed E-state index contributed by atoms with van der Waals surface area (Å²) in [6.45, 7) is 2.36. The van der Waals surface area contributed by atoms with Crippen LogP contribution in [-0.4, -0.2) is 9.66 Å². The molecule has 0 fully saturated rings. The van der Waals surface area contributed by atoms with E-state index in [2.05, 4.69) is 21.4 Å². The quantitative estimate of drug-likeness (QED) is 0.487. The molecule has 0 aliphatic carbocycles. The molecule has 0 saturated heterocycles. The standard InChI is InChI=1S/C22H17BrFN3O/c1-14-3-2-4-19-20(14)26-21(16-7-11-18(24)12-8-16)27(22(19)28)25-13-15-5-9-17(23)10-6-15/h2-12,25H,13H2,1H3. The van der Waals surface area contributed by atoms with Crippen LogP contribution in [0, 0.1) is 12.7 Å². The average Bonchev–Trinajstić information content (AvgIpc) is 2.70. The molecule has 0 radical (unpaired) electrons. The minimum Gasteiger partial charge on any atom is -0.317 e. The predicted octanol–water partition coefficient (Wildman–Crippen LogP) is 5.02. The molecule has 1 heterocycles. The molecular formula is C22H17BrFN3O. The van der Waals surface area contributed by atoms with E-state index < -0.39 is 0 Å². The molecule has 0 atom stereocenters. The van der Waals surface area contributed by atoms with Gasteiger partial charge in [0.05, 0.1) is 17.4 Å². The zero-order chi connectivity index (χ0) is 19.7. The van der Waals surface area contributed by atoms with E-state index in [1.807, 2.05) is 43.3 Å². The van der Waals surface area contributed by atoms with Gasteiger partial charge >= 0.3 is 0 Å². The first-order valence-electron chi connectivity index (χ1n) is 8.79. The number of hydrogen-bond donors (Lipinski definition) is 1. The van der Waals surface area contributed by atoms with E-state index in [1.165, 1.54) is 16.8 Å². The maximum atomic E-state index is 13.4. The van der Waals surface area contributed by atoms with Gasteiger partial charge in [-0.05, 0) is 60.5 Å². The number of halogens is 2. The number of benzene rings is 3. The highest BCUT2D eigenvalue weighted by Gasteiger charge is 2.14. The van der Waals surface area contributed by atoms with Crippen molar-refractivity contribution in [1.29, 1.82) is 0 Å². The van der Waals surface area contributed by atoms with Gasteiger partial charge in [-0.15, -0.1) is 0 Å². The van der Waals surface area contributed by atoms with Gasteiger partial charge in [0, 0.05) is 10.0 Å². The van der Waals surface area contributed by atoms with Crippen LogP contribution < -0.4 is 11.0 Å². The van der Waals surface area contributed by atoms with E-state index in [1.54, 1.807) is 18.2 Å². The Morgan fingerprint density at radius 1 is 1.04 bits per heavy atom. The van der Waals surface area contributed by atoms with Gasteiger partial charge in [-0.1, -0.05) is 40.2 Å². The number of nitrogens with zero attached hydrogens (tertiary/aromatic N) is 2. The number of aromatic nitrogens is 2. The topological polar surface area (TPSA) is 46.9 Å². The number of nitrogens with one attached hydrogen (secondary N) is 1. The van der Waals surface area contributed by atoms with E-state index in [4.69, 9.17) is 4.98 Å². The summed E-state index contributed by atoms with van der Waals surface area (Å²) in [6, 6.07) is 19.3. The summed E-state index contributed by atoms with van der Waals surface area (Å²) in [5.41, 5.74) is 6.22. The number of fused-ring (bicyclic) bond motifs is 1. The molecule has 0 amide bonds. The minimum absolute atomic E-state index is 0.190. The van der Waals surface area contributed by atoms with E-state index in [0.717, 1.165) is 15.6 Å². The number of para-hydroxylation sites is 1. The molecule has 4 rings (SSSR count). The van der Waals surface area contributed by atoms with Crippen molar-refractivity contribution < 1.29 is 4.39 Å². The first-order valence-corrected chi connectivity index (χ1v) is 9.59. The first kappa shape index (κ1) is 18.4. The molecule has 140 valence electrons. The Kier molecular flexibility index (Phi) is 4.96. The molecule has 3 aromatic carbocycles. The molecule has 0 saturated carbocycles. The van der Waals surface area contributed by atoms with Gasteiger partial charge in [0.2, 0.25) is 0 Å². The first-order chi connectivity index (χ1) is 13.5. The molecule has 0 aliphatic rings. The second-order valence-electron chi connectivity index (χ2n) is 6.52. The van der Waals surface area contributed by atoms with Gasteiger partial charge in [-0.3, -0.25) is 4.79 Å². The molecule has 6 heteroatoms. The van der Waals surface area contributed by atoms with E-state index in [-0.39, 0.29) is 11.4 Å². The van der Waals surface area contributed by atoms with Gasteiger partial charge in [0.15, 0.2) is 5.82 Å². The van der Waals surface area contributed by atoms with Crippen molar-refractivity contribution in [3.63, 3.8) is 0 Å². The van der Waals surface area contributed by atoms with Gasteiger partial charge in [-0.25, -0.2) is 14.1 Å². The minimum atomic E-state index is -0.336. The van der Waals surface area contributed by atoms with Crippen molar-refractivity contribution in [3.05, 3.63) is 98.5 Å². The zero-order valence-corrected chi connectivity index (χ0v) is 16.7. The molecule has 0 spiro atoms. The molecule has 4 nitrogen and oxygen atoms in total. The normalized spacial score (nSPS) is 11.0.